The predicted octanol–water partition coefficient (Wildman–Crippen LogP) is 5.66. The summed E-state index contributed by atoms with van der Waals surface area (Å²) in [5, 5.41) is 4.07. The van der Waals surface area contributed by atoms with Crippen LogP contribution in [-0.4, -0.2) is 28.9 Å². The largest absolute Gasteiger partial charge is 0.457 e. The Balaban J connectivity index is 1.63. The van der Waals surface area contributed by atoms with Crippen LogP contribution in [0.1, 0.15) is 47.0 Å². The second-order valence-electron chi connectivity index (χ2n) is 7.94. The van der Waals surface area contributed by atoms with Crippen molar-refractivity contribution in [2.24, 2.45) is 0 Å². The molecule has 3 heterocycles. The fourth-order valence-electron chi connectivity index (χ4n) is 4.40. The summed E-state index contributed by atoms with van der Waals surface area (Å²) < 4.78 is 6.42. The Kier molecular flexibility index (Phi) is 5.50. The number of hydrogen-bond acceptors (Lipinski definition) is 4. The molecule has 1 atom stereocenters. The predicted molar refractivity (Wildman–Crippen MR) is 122 cm³/mol. The van der Waals surface area contributed by atoms with Gasteiger partial charge in [0.15, 0.2) is 5.76 Å². The summed E-state index contributed by atoms with van der Waals surface area (Å²) in [6.45, 7) is 1.98. The Bertz CT molecular complexity index is 1170. The third-order valence-corrected chi connectivity index (χ3v) is 5.90. The molecule has 1 aliphatic heterocycles. The van der Waals surface area contributed by atoms with Crippen molar-refractivity contribution in [3.05, 3.63) is 96.0 Å². The average Bonchev–Trinajstić information content (AvgIpc) is 3.19. The summed E-state index contributed by atoms with van der Waals surface area (Å²) in [6.07, 6.45) is 7.24. The number of piperidine rings is 1. The summed E-state index contributed by atoms with van der Waals surface area (Å²) in [5.41, 5.74) is 3.20. The van der Waals surface area contributed by atoms with Crippen LogP contribution in [-0.2, 0) is 0 Å². The zero-order valence-electron chi connectivity index (χ0n) is 17.3. The molecule has 5 rings (SSSR count). The molecule has 0 aliphatic carbocycles. The fraction of sp³-hybridized carbons (Fsp3) is 0.231. The molecule has 5 heteroatoms. The highest BCUT2D eigenvalue weighted by Crippen LogP contribution is 2.41. The third kappa shape index (κ3) is 3.97. The number of nitrogens with one attached hydrogen (secondary N) is 1. The lowest BCUT2D eigenvalue weighted by Gasteiger charge is -2.34. The summed E-state index contributed by atoms with van der Waals surface area (Å²) in [7, 11) is 0. The quantitative estimate of drug-likeness (QED) is 0.461. The molecule has 1 aliphatic rings. The molecular weight excluding hydrogens is 386 g/mol. The molecule has 0 unspecified atom stereocenters. The van der Waals surface area contributed by atoms with Gasteiger partial charge in [-0.2, -0.15) is 0 Å². The molecule has 4 aromatic rings. The molecule has 5 nitrogen and oxygen atoms in total. The monoisotopic (exact) mass is 411 g/mol. The molecule has 1 amide bonds. The number of rotatable bonds is 5. The number of furan rings is 1. The van der Waals surface area contributed by atoms with Crippen molar-refractivity contribution in [1.82, 2.24) is 9.88 Å². The number of anilines is 1. The van der Waals surface area contributed by atoms with E-state index in [1.54, 1.807) is 6.20 Å². The van der Waals surface area contributed by atoms with Gasteiger partial charge in [-0.3, -0.25) is 14.7 Å². The Labute approximate surface area is 181 Å². The number of aromatic nitrogens is 1. The number of benzene rings is 2. The van der Waals surface area contributed by atoms with Gasteiger partial charge in [-0.05, 0) is 61.8 Å². The Morgan fingerprint density at radius 3 is 2.48 bits per heavy atom. The summed E-state index contributed by atoms with van der Waals surface area (Å²) in [5.74, 6) is 0.623. The molecule has 0 spiro atoms. The van der Waals surface area contributed by atoms with E-state index in [1.807, 2.05) is 66.9 Å². The number of carbonyl (C=O) groups excluding carboxylic acids is 1. The lowest BCUT2D eigenvalue weighted by Crippen LogP contribution is -2.34. The van der Waals surface area contributed by atoms with Crippen LogP contribution in [0.2, 0.25) is 0 Å². The van der Waals surface area contributed by atoms with Gasteiger partial charge >= 0.3 is 0 Å². The van der Waals surface area contributed by atoms with Crippen LogP contribution in [0.15, 0.2) is 83.5 Å². The van der Waals surface area contributed by atoms with Gasteiger partial charge in [-0.25, -0.2) is 0 Å². The van der Waals surface area contributed by atoms with Gasteiger partial charge in [0.05, 0.1) is 11.7 Å². The number of fused-ring (bicyclic) bond motifs is 1. The molecule has 0 bridgehead atoms. The van der Waals surface area contributed by atoms with Crippen molar-refractivity contribution in [1.29, 1.82) is 0 Å². The minimum absolute atomic E-state index is 0.104. The van der Waals surface area contributed by atoms with Gasteiger partial charge in [0.2, 0.25) is 0 Å². The molecule has 156 valence electrons. The van der Waals surface area contributed by atoms with Crippen molar-refractivity contribution in [3.63, 3.8) is 0 Å². The van der Waals surface area contributed by atoms with E-state index in [9.17, 15) is 4.79 Å². The van der Waals surface area contributed by atoms with E-state index in [0.29, 0.717) is 5.56 Å². The van der Waals surface area contributed by atoms with Gasteiger partial charge in [0, 0.05) is 23.3 Å². The lowest BCUT2D eigenvalue weighted by molar-refractivity contribution is 0.102. The highest BCUT2D eigenvalue weighted by molar-refractivity contribution is 6.09. The molecule has 0 radical (unpaired) electrons. The van der Waals surface area contributed by atoms with Crippen molar-refractivity contribution < 1.29 is 9.21 Å². The summed E-state index contributed by atoms with van der Waals surface area (Å²) in [6, 6.07) is 21.1. The number of para-hydroxylation sites is 1. The van der Waals surface area contributed by atoms with Gasteiger partial charge in [0.25, 0.3) is 5.91 Å². The van der Waals surface area contributed by atoms with E-state index in [-0.39, 0.29) is 11.9 Å². The van der Waals surface area contributed by atoms with Crippen LogP contribution in [0, 0.1) is 0 Å². The molecule has 2 aromatic heterocycles. The first-order valence-corrected chi connectivity index (χ1v) is 10.8. The van der Waals surface area contributed by atoms with E-state index >= 15 is 0 Å². The van der Waals surface area contributed by atoms with E-state index < -0.39 is 0 Å². The maximum Gasteiger partial charge on any atom is 0.255 e. The van der Waals surface area contributed by atoms with Crippen molar-refractivity contribution in [2.45, 2.75) is 25.3 Å². The smallest absolute Gasteiger partial charge is 0.255 e. The van der Waals surface area contributed by atoms with Crippen LogP contribution < -0.4 is 5.32 Å². The SMILES string of the molecule is O=C(Nc1c([C@@H](c2cccnc2)N2CCCCC2)oc2ccccc12)c1ccccc1. The fourth-order valence-corrected chi connectivity index (χ4v) is 4.40. The third-order valence-electron chi connectivity index (χ3n) is 5.90. The van der Waals surface area contributed by atoms with Crippen molar-refractivity contribution in [3.8, 4) is 0 Å². The van der Waals surface area contributed by atoms with Crippen LogP contribution in [0.5, 0.6) is 0 Å². The van der Waals surface area contributed by atoms with E-state index in [1.165, 1.54) is 6.42 Å². The van der Waals surface area contributed by atoms with E-state index in [2.05, 4.69) is 21.3 Å². The highest BCUT2D eigenvalue weighted by atomic mass is 16.3. The Hall–Kier alpha value is -3.44. The summed E-state index contributed by atoms with van der Waals surface area (Å²) >= 11 is 0. The van der Waals surface area contributed by atoms with Gasteiger partial charge < -0.3 is 9.73 Å². The Morgan fingerprint density at radius 2 is 1.71 bits per heavy atom. The molecular formula is C26H25N3O2. The van der Waals surface area contributed by atoms with Gasteiger partial charge in [-0.1, -0.05) is 42.8 Å². The maximum atomic E-state index is 13.1. The summed E-state index contributed by atoms with van der Waals surface area (Å²) in [4.78, 5) is 19.9. The average molecular weight is 412 g/mol. The first-order valence-electron chi connectivity index (χ1n) is 10.8. The number of carbonyl (C=O) groups is 1. The number of pyridine rings is 1. The number of hydrogen-bond donors (Lipinski definition) is 1. The lowest BCUT2D eigenvalue weighted by atomic mass is 9.99. The number of amides is 1. The highest BCUT2D eigenvalue weighted by Gasteiger charge is 2.31. The normalized spacial score (nSPS) is 15.6. The first kappa shape index (κ1) is 19.5. The molecule has 31 heavy (non-hydrogen) atoms. The second-order valence-corrected chi connectivity index (χ2v) is 7.94. The van der Waals surface area contributed by atoms with Gasteiger partial charge in [0.1, 0.15) is 5.58 Å². The zero-order valence-corrected chi connectivity index (χ0v) is 17.3. The minimum Gasteiger partial charge on any atom is -0.457 e. The van der Waals surface area contributed by atoms with E-state index in [0.717, 1.165) is 53.9 Å². The number of likely N-dealkylation sites (tertiary alicyclic amines) is 1. The topological polar surface area (TPSA) is 58.4 Å². The maximum absolute atomic E-state index is 13.1. The van der Waals surface area contributed by atoms with Gasteiger partial charge in [-0.15, -0.1) is 0 Å². The molecule has 1 fully saturated rings. The Morgan fingerprint density at radius 1 is 0.935 bits per heavy atom. The standard InChI is InChI=1S/C26H25N3O2/c30-26(19-10-3-1-4-11-19)28-23-21-13-5-6-14-22(21)31-25(23)24(20-12-9-15-27-18-20)29-16-7-2-8-17-29/h1,3-6,9-15,18,24H,2,7-8,16-17H2,(H,28,30)/t24-/m1/s1. The minimum atomic E-state index is -0.142. The van der Waals surface area contributed by atoms with Crippen LogP contribution in [0.25, 0.3) is 11.0 Å². The molecule has 1 N–H and O–H groups in total. The zero-order chi connectivity index (χ0) is 21.0. The van der Waals surface area contributed by atoms with Crippen LogP contribution in [0.3, 0.4) is 0 Å². The van der Waals surface area contributed by atoms with E-state index in [4.69, 9.17) is 4.42 Å². The van der Waals surface area contributed by atoms with Crippen LogP contribution >= 0.6 is 0 Å². The molecule has 0 saturated carbocycles. The molecule has 2 aromatic carbocycles. The number of nitrogens with zero attached hydrogens (tertiary/aromatic N) is 2. The van der Waals surface area contributed by atoms with Crippen molar-refractivity contribution in [2.75, 3.05) is 18.4 Å². The molecule has 1 saturated heterocycles. The van der Waals surface area contributed by atoms with Crippen LogP contribution in [0.4, 0.5) is 5.69 Å². The second kappa shape index (κ2) is 8.74. The first-order chi connectivity index (χ1) is 15.3. The van der Waals surface area contributed by atoms with Crippen molar-refractivity contribution >= 4 is 22.6 Å².